The summed E-state index contributed by atoms with van der Waals surface area (Å²) < 4.78 is 0. The summed E-state index contributed by atoms with van der Waals surface area (Å²) in [7, 11) is 0. The van der Waals surface area contributed by atoms with Gasteiger partial charge in [0.15, 0.2) is 0 Å². The number of fused-ring (bicyclic) bond motifs is 1. The number of nitrogens with zero attached hydrogens (tertiary/aromatic N) is 3. The van der Waals surface area contributed by atoms with E-state index < -0.39 is 0 Å². The Morgan fingerprint density at radius 3 is 2.84 bits per heavy atom. The number of hydrogen-bond acceptors (Lipinski definition) is 5. The summed E-state index contributed by atoms with van der Waals surface area (Å²) in [4.78, 5) is 11.4. The molecule has 1 aliphatic rings. The summed E-state index contributed by atoms with van der Waals surface area (Å²) in [6.07, 6.45) is 4.67. The highest BCUT2D eigenvalue weighted by atomic mass is 15.3. The van der Waals surface area contributed by atoms with Gasteiger partial charge in [0.1, 0.15) is 17.5 Å². The van der Waals surface area contributed by atoms with E-state index in [1.165, 1.54) is 5.56 Å². The normalized spacial score (nSPS) is 16.2. The number of hydrogen-bond donors (Lipinski definition) is 2. The molecular weight excluding hydrogens is 310 g/mol. The van der Waals surface area contributed by atoms with Gasteiger partial charge in [0.05, 0.1) is 5.69 Å². The first kappa shape index (κ1) is 17.2. The van der Waals surface area contributed by atoms with E-state index in [1.54, 1.807) is 6.20 Å². The van der Waals surface area contributed by atoms with Gasteiger partial charge in [-0.15, -0.1) is 0 Å². The quantitative estimate of drug-likeness (QED) is 0.845. The molecule has 0 aromatic carbocycles. The standard InChI is InChI=1S/C20H25N5/c1-14(2)18-10-8-16-7-9-17(11-12-21)25(20(16)24-18)15(3)23-19-6-4-5-13-22-19/h4-6,8,10,13,17H,1,3,7,9,11-12,21H2,2H3,(H,22,23)/t17-/m1/s1. The van der Waals surface area contributed by atoms with Crippen LogP contribution in [-0.4, -0.2) is 22.6 Å². The molecule has 130 valence electrons. The molecule has 0 bridgehead atoms. The Hall–Kier alpha value is -2.66. The first-order chi connectivity index (χ1) is 12.1. The summed E-state index contributed by atoms with van der Waals surface area (Å²) in [5.74, 6) is 2.48. The van der Waals surface area contributed by atoms with Crippen molar-refractivity contribution in [1.29, 1.82) is 0 Å². The van der Waals surface area contributed by atoms with Crippen LogP contribution < -0.4 is 16.0 Å². The number of pyridine rings is 2. The number of nitrogens with one attached hydrogen (secondary N) is 1. The number of rotatable bonds is 6. The molecule has 0 saturated carbocycles. The van der Waals surface area contributed by atoms with E-state index in [9.17, 15) is 0 Å². The highest BCUT2D eigenvalue weighted by molar-refractivity contribution is 5.65. The molecule has 2 aromatic rings. The van der Waals surface area contributed by atoms with Crippen LogP contribution in [0.1, 0.15) is 31.0 Å². The van der Waals surface area contributed by atoms with Gasteiger partial charge in [-0.2, -0.15) is 0 Å². The fourth-order valence-electron chi connectivity index (χ4n) is 3.20. The predicted molar refractivity (Wildman–Crippen MR) is 104 cm³/mol. The van der Waals surface area contributed by atoms with Gasteiger partial charge in [0.2, 0.25) is 0 Å². The number of aromatic nitrogens is 2. The maximum Gasteiger partial charge on any atom is 0.138 e. The summed E-state index contributed by atoms with van der Waals surface area (Å²) >= 11 is 0. The maximum atomic E-state index is 5.85. The molecule has 5 nitrogen and oxygen atoms in total. The molecule has 0 fully saturated rings. The van der Waals surface area contributed by atoms with E-state index >= 15 is 0 Å². The van der Waals surface area contributed by atoms with Crippen molar-refractivity contribution < 1.29 is 0 Å². The van der Waals surface area contributed by atoms with Crippen LogP contribution in [-0.2, 0) is 6.42 Å². The minimum absolute atomic E-state index is 0.272. The van der Waals surface area contributed by atoms with Gasteiger partial charge in [0, 0.05) is 12.2 Å². The third kappa shape index (κ3) is 3.72. The molecule has 0 spiro atoms. The van der Waals surface area contributed by atoms with Crippen LogP contribution in [0.15, 0.2) is 55.5 Å². The summed E-state index contributed by atoms with van der Waals surface area (Å²) in [5.41, 5.74) is 8.93. The van der Waals surface area contributed by atoms with E-state index in [1.807, 2.05) is 31.2 Å². The Kier molecular flexibility index (Phi) is 5.14. The first-order valence-electron chi connectivity index (χ1n) is 8.62. The molecule has 0 radical (unpaired) electrons. The molecule has 3 rings (SSSR count). The van der Waals surface area contributed by atoms with E-state index in [0.717, 1.165) is 48.0 Å². The van der Waals surface area contributed by atoms with Gasteiger partial charge >= 0.3 is 0 Å². The molecule has 1 aliphatic heterocycles. The smallest absolute Gasteiger partial charge is 0.138 e. The largest absolute Gasteiger partial charge is 0.330 e. The Bertz CT molecular complexity index is 769. The van der Waals surface area contributed by atoms with Crippen LogP contribution in [0.3, 0.4) is 0 Å². The van der Waals surface area contributed by atoms with Crippen LogP contribution in [0.2, 0.25) is 0 Å². The lowest BCUT2D eigenvalue weighted by molar-refractivity contribution is 0.524. The Morgan fingerprint density at radius 2 is 2.16 bits per heavy atom. The van der Waals surface area contributed by atoms with E-state index in [4.69, 9.17) is 10.7 Å². The zero-order valence-corrected chi connectivity index (χ0v) is 14.7. The SMILES string of the molecule is C=C(C)c1ccc2c(n1)N(C(=C)Nc1ccccn1)[C@@H](CCN)CC2. The van der Waals surface area contributed by atoms with E-state index in [-0.39, 0.29) is 6.04 Å². The van der Waals surface area contributed by atoms with E-state index in [2.05, 4.69) is 34.4 Å². The predicted octanol–water partition coefficient (Wildman–Crippen LogP) is 3.56. The summed E-state index contributed by atoms with van der Waals surface area (Å²) in [5, 5.41) is 3.31. The minimum Gasteiger partial charge on any atom is -0.330 e. The van der Waals surface area contributed by atoms with Gasteiger partial charge < -0.3 is 16.0 Å². The summed E-state index contributed by atoms with van der Waals surface area (Å²) in [6.45, 7) is 10.9. The van der Waals surface area contributed by atoms with Gasteiger partial charge in [0.25, 0.3) is 0 Å². The number of nitrogens with two attached hydrogens (primary N) is 1. The molecular formula is C20H25N5. The minimum atomic E-state index is 0.272. The number of allylic oxidation sites excluding steroid dienone is 1. The first-order valence-corrected chi connectivity index (χ1v) is 8.62. The van der Waals surface area contributed by atoms with E-state index in [0.29, 0.717) is 6.54 Å². The topological polar surface area (TPSA) is 67.1 Å². The van der Waals surface area contributed by atoms with Crippen molar-refractivity contribution >= 4 is 17.2 Å². The van der Waals surface area contributed by atoms with Crippen LogP contribution in [0.25, 0.3) is 5.57 Å². The van der Waals surface area contributed by atoms with Crippen LogP contribution in [0.4, 0.5) is 11.6 Å². The van der Waals surface area contributed by atoms with Gasteiger partial charge in [-0.25, -0.2) is 9.97 Å². The van der Waals surface area contributed by atoms with Crippen molar-refractivity contribution in [3.8, 4) is 0 Å². The highest BCUT2D eigenvalue weighted by Gasteiger charge is 2.29. The molecule has 25 heavy (non-hydrogen) atoms. The van der Waals surface area contributed by atoms with Crippen LogP contribution >= 0.6 is 0 Å². The van der Waals surface area contributed by atoms with Crippen LogP contribution in [0, 0.1) is 0 Å². The second-order valence-electron chi connectivity index (χ2n) is 6.39. The van der Waals surface area contributed by atoms with Crippen molar-refractivity contribution in [1.82, 2.24) is 9.97 Å². The molecule has 3 N–H and O–H groups in total. The molecule has 1 atom stereocenters. The second kappa shape index (κ2) is 7.49. The Balaban J connectivity index is 1.96. The van der Waals surface area contributed by atoms with Crippen LogP contribution in [0.5, 0.6) is 0 Å². The summed E-state index contributed by atoms with van der Waals surface area (Å²) in [6, 6.07) is 10.2. The van der Waals surface area contributed by atoms with Crippen molar-refractivity contribution in [2.75, 3.05) is 16.8 Å². The molecule has 0 amide bonds. The van der Waals surface area contributed by atoms with Crippen molar-refractivity contribution in [2.45, 2.75) is 32.2 Å². The second-order valence-corrected chi connectivity index (χ2v) is 6.39. The van der Waals surface area contributed by atoms with Gasteiger partial charge in [-0.05, 0) is 62.1 Å². The third-order valence-corrected chi connectivity index (χ3v) is 4.46. The lowest BCUT2D eigenvalue weighted by atomic mass is 9.96. The highest BCUT2D eigenvalue weighted by Crippen LogP contribution is 2.34. The molecule has 2 aromatic heterocycles. The maximum absolute atomic E-state index is 5.85. The molecule has 5 heteroatoms. The van der Waals surface area contributed by atoms with Gasteiger partial charge in [-0.1, -0.05) is 25.3 Å². The molecule has 0 aliphatic carbocycles. The Morgan fingerprint density at radius 1 is 1.32 bits per heavy atom. The monoisotopic (exact) mass is 335 g/mol. The Labute approximate surface area is 149 Å². The lowest BCUT2D eigenvalue weighted by Gasteiger charge is -2.39. The third-order valence-electron chi connectivity index (χ3n) is 4.46. The average molecular weight is 335 g/mol. The molecule has 3 heterocycles. The number of anilines is 2. The average Bonchev–Trinajstić information content (AvgIpc) is 2.62. The van der Waals surface area contributed by atoms with Crippen molar-refractivity contribution in [3.05, 3.63) is 66.8 Å². The zero-order valence-electron chi connectivity index (χ0n) is 14.7. The van der Waals surface area contributed by atoms with Crippen molar-refractivity contribution in [2.24, 2.45) is 5.73 Å². The van der Waals surface area contributed by atoms with Gasteiger partial charge in [-0.3, -0.25) is 0 Å². The van der Waals surface area contributed by atoms with Crippen molar-refractivity contribution in [3.63, 3.8) is 0 Å². The zero-order chi connectivity index (χ0) is 17.8. The molecule has 0 unspecified atom stereocenters. The molecule has 0 saturated heterocycles. The fourth-order valence-corrected chi connectivity index (χ4v) is 3.20. The number of aryl methyl sites for hydroxylation is 1. The fraction of sp³-hybridized carbons (Fsp3) is 0.300. The lowest BCUT2D eigenvalue weighted by Crippen LogP contribution is -2.42.